The van der Waals surface area contributed by atoms with Crippen molar-refractivity contribution in [3.8, 4) is 5.75 Å². The fourth-order valence-electron chi connectivity index (χ4n) is 2.12. The molecule has 6 nitrogen and oxygen atoms in total. The van der Waals surface area contributed by atoms with Crippen LogP contribution < -0.4 is 10.5 Å². The van der Waals surface area contributed by atoms with E-state index in [0.717, 1.165) is 0 Å². The monoisotopic (exact) mass is 276 g/mol. The average molecular weight is 276 g/mol. The third kappa shape index (κ3) is 2.25. The van der Waals surface area contributed by atoms with Gasteiger partial charge in [0.25, 0.3) is 0 Å². The maximum atomic E-state index is 11.7. The van der Waals surface area contributed by atoms with Crippen molar-refractivity contribution in [2.45, 2.75) is 13.0 Å². The highest BCUT2D eigenvalue weighted by Crippen LogP contribution is 2.29. The molecule has 1 aromatic heterocycles. The van der Waals surface area contributed by atoms with Crippen molar-refractivity contribution in [3.63, 3.8) is 0 Å². The van der Waals surface area contributed by atoms with Gasteiger partial charge >= 0.3 is 5.97 Å². The average Bonchev–Trinajstić information content (AvgIpc) is 2.84. The minimum Gasteiger partial charge on any atom is -0.497 e. The first-order chi connectivity index (χ1) is 9.49. The summed E-state index contributed by atoms with van der Waals surface area (Å²) in [5.74, 6) is -0.101. The Bertz CT molecular complexity index is 675. The third-order valence-electron chi connectivity index (χ3n) is 3.17. The van der Waals surface area contributed by atoms with E-state index in [1.807, 2.05) is 0 Å². The van der Waals surface area contributed by atoms with E-state index in [2.05, 4.69) is 4.74 Å². The molecule has 0 saturated carbocycles. The van der Waals surface area contributed by atoms with E-state index >= 15 is 0 Å². The molecule has 0 saturated heterocycles. The zero-order valence-corrected chi connectivity index (χ0v) is 11.5. The molecule has 20 heavy (non-hydrogen) atoms. The number of ether oxygens (including phenoxy) is 2. The van der Waals surface area contributed by atoms with Gasteiger partial charge in [-0.2, -0.15) is 0 Å². The number of hydrogen-bond donors (Lipinski definition) is 1. The van der Waals surface area contributed by atoms with E-state index < -0.39 is 12.0 Å². The lowest BCUT2D eigenvalue weighted by molar-refractivity contribution is -0.142. The van der Waals surface area contributed by atoms with E-state index in [1.165, 1.54) is 18.6 Å². The van der Waals surface area contributed by atoms with Crippen LogP contribution in [-0.4, -0.2) is 30.7 Å². The molecule has 6 heteroatoms. The molecule has 1 atom stereocenters. The summed E-state index contributed by atoms with van der Waals surface area (Å²) >= 11 is 0. The highest BCUT2D eigenvalue weighted by atomic mass is 16.5. The van der Waals surface area contributed by atoms with E-state index in [-0.39, 0.29) is 5.91 Å². The van der Waals surface area contributed by atoms with Crippen molar-refractivity contribution in [2.24, 2.45) is 5.73 Å². The van der Waals surface area contributed by atoms with Crippen molar-refractivity contribution in [3.05, 3.63) is 30.0 Å². The van der Waals surface area contributed by atoms with Gasteiger partial charge < -0.3 is 15.2 Å². The highest BCUT2D eigenvalue weighted by molar-refractivity contribution is 5.97. The van der Waals surface area contributed by atoms with Crippen LogP contribution in [0.25, 0.3) is 10.9 Å². The molecule has 0 aliphatic carbocycles. The standard InChI is InChI=1S/C14H16N2O4/c1-8(17)16-7-11(13(15)14(18)20-3)10-6-9(19-2)4-5-12(10)16/h4-7,13H,15H2,1-3H3. The third-order valence-corrected chi connectivity index (χ3v) is 3.17. The molecular formula is C14H16N2O4. The Morgan fingerprint density at radius 2 is 2.00 bits per heavy atom. The summed E-state index contributed by atoms with van der Waals surface area (Å²) < 4.78 is 11.3. The van der Waals surface area contributed by atoms with Gasteiger partial charge in [0, 0.05) is 24.1 Å². The highest BCUT2D eigenvalue weighted by Gasteiger charge is 2.22. The smallest absolute Gasteiger partial charge is 0.327 e. The second kappa shape index (κ2) is 5.34. The molecule has 0 aliphatic heterocycles. The molecular weight excluding hydrogens is 260 g/mol. The Labute approximate surface area is 116 Å². The molecule has 1 heterocycles. The Kier molecular flexibility index (Phi) is 3.76. The van der Waals surface area contributed by atoms with Gasteiger partial charge in [-0.25, -0.2) is 0 Å². The van der Waals surface area contributed by atoms with Crippen LogP contribution >= 0.6 is 0 Å². The molecule has 0 bridgehead atoms. The van der Waals surface area contributed by atoms with Crippen molar-refractivity contribution >= 4 is 22.8 Å². The summed E-state index contributed by atoms with van der Waals surface area (Å²) in [5.41, 5.74) is 7.08. The molecule has 2 rings (SSSR count). The summed E-state index contributed by atoms with van der Waals surface area (Å²) in [5, 5.41) is 0.692. The fourth-order valence-corrected chi connectivity index (χ4v) is 2.12. The SMILES string of the molecule is COC(=O)C(N)c1cn(C(C)=O)c2ccc(OC)cc12. The fraction of sp³-hybridized carbons (Fsp3) is 0.286. The van der Waals surface area contributed by atoms with Crippen molar-refractivity contribution < 1.29 is 19.1 Å². The molecule has 0 aliphatic rings. The normalized spacial score (nSPS) is 12.2. The number of methoxy groups -OCH3 is 2. The van der Waals surface area contributed by atoms with Gasteiger partial charge in [0.05, 0.1) is 19.7 Å². The van der Waals surface area contributed by atoms with Gasteiger partial charge in [-0.1, -0.05) is 0 Å². The molecule has 1 unspecified atom stereocenters. The van der Waals surface area contributed by atoms with E-state index in [9.17, 15) is 9.59 Å². The van der Waals surface area contributed by atoms with Crippen LogP contribution in [0.1, 0.15) is 23.3 Å². The van der Waals surface area contributed by atoms with Crippen molar-refractivity contribution in [1.82, 2.24) is 4.57 Å². The summed E-state index contributed by atoms with van der Waals surface area (Å²) in [6, 6.07) is 4.29. The zero-order chi connectivity index (χ0) is 14.9. The molecule has 0 spiro atoms. The molecule has 0 fully saturated rings. The van der Waals surface area contributed by atoms with E-state index in [0.29, 0.717) is 22.2 Å². The van der Waals surface area contributed by atoms with Crippen LogP contribution in [0.15, 0.2) is 24.4 Å². The Morgan fingerprint density at radius 3 is 2.55 bits per heavy atom. The predicted octanol–water partition coefficient (Wildman–Crippen LogP) is 1.48. The number of hydrogen-bond acceptors (Lipinski definition) is 5. The lowest BCUT2D eigenvalue weighted by Gasteiger charge is -2.08. The van der Waals surface area contributed by atoms with Crippen molar-refractivity contribution in [2.75, 3.05) is 14.2 Å². The van der Waals surface area contributed by atoms with E-state index in [4.69, 9.17) is 10.5 Å². The second-order valence-corrected chi connectivity index (χ2v) is 4.36. The number of nitrogens with two attached hydrogens (primary N) is 1. The van der Waals surface area contributed by atoms with Crippen LogP contribution in [0.3, 0.4) is 0 Å². The molecule has 1 aromatic carbocycles. The minimum atomic E-state index is -0.949. The maximum absolute atomic E-state index is 11.7. The van der Waals surface area contributed by atoms with Crippen LogP contribution in [0.5, 0.6) is 5.75 Å². The van der Waals surface area contributed by atoms with Crippen LogP contribution in [0.4, 0.5) is 0 Å². The zero-order valence-electron chi connectivity index (χ0n) is 11.5. The largest absolute Gasteiger partial charge is 0.497 e. The lowest BCUT2D eigenvalue weighted by atomic mass is 10.1. The summed E-state index contributed by atoms with van der Waals surface area (Å²) in [7, 11) is 2.82. The quantitative estimate of drug-likeness (QED) is 0.858. The van der Waals surface area contributed by atoms with Crippen LogP contribution in [0, 0.1) is 0 Å². The maximum Gasteiger partial charge on any atom is 0.327 e. The number of aromatic nitrogens is 1. The van der Waals surface area contributed by atoms with E-state index in [1.54, 1.807) is 31.5 Å². The summed E-state index contributed by atoms with van der Waals surface area (Å²) in [6.45, 7) is 1.44. The number of carbonyl (C=O) groups excluding carboxylic acids is 2. The van der Waals surface area contributed by atoms with Gasteiger partial charge in [-0.05, 0) is 18.2 Å². The Hall–Kier alpha value is -2.34. The Morgan fingerprint density at radius 1 is 1.30 bits per heavy atom. The topological polar surface area (TPSA) is 83.5 Å². The molecule has 2 N–H and O–H groups in total. The molecule has 106 valence electrons. The molecule has 0 amide bonds. The van der Waals surface area contributed by atoms with Crippen LogP contribution in [0.2, 0.25) is 0 Å². The number of esters is 1. The van der Waals surface area contributed by atoms with Gasteiger partial charge in [0.2, 0.25) is 5.91 Å². The number of carbonyl (C=O) groups is 2. The van der Waals surface area contributed by atoms with Gasteiger partial charge in [-0.3, -0.25) is 14.2 Å². The molecule has 0 radical (unpaired) electrons. The first kappa shape index (κ1) is 14.1. The first-order valence-electron chi connectivity index (χ1n) is 6.03. The van der Waals surface area contributed by atoms with Gasteiger partial charge in [-0.15, -0.1) is 0 Å². The van der Waals surface area contributed by atoms with Crippen LogP contribution in [-0.2, 0) is 9.53 Å². The number of fused-ring (bicyclic) bond motifs is 1. The Balaban J connectivity index is 2.69. The lowest BCUT2D eigenvalue weighted by Crippen LogP contribution is -2.22. The number of rotatable bonds is 3. The number of benzene rings is 1. The van der Waals surface area contributed by atoms with Gasteiger partial charge in [0.1, 0.15) is 11.8 Å². The number of nitrogens with zero attached hydrogens (tertiary/aromatic N) is 1. The summed E-state index contributed by atoms with van der Waals surface area (Å²) in [6.07, 6.45) is 1.56. The van der Waals surface area contributed by atoms with Gasteiger partial charge in [0.15, 0.2) is 0 Å². The minimum absolute atomic E-state index is 0.163. The summed E-state index contributed by atoms with van der Waals surface area (Å²) in [4.78, 5) is 23.3. The second-order valence-electron chi connectivity index (χ2n) is 4.36. The first-order valence-corrected chi connectivity index (χ1v) is 6.03. The predicted molar refractivity (Wildman–Crippen MR) is 73.7 cm³/mol. The molecule has 2 aromatic rings. The van der Waals surface area contributed by atoms with Crippen molar-refractivity contribution in [1.29, 1.82) is 0 Å².